The maximum atomic E-state index is 13.8. The van der Waals surface area contributed by atoms with Gasteiger partial charge < -0.3 is 14.8 Å². The van der Waals surface area contributed by atoms with Crippen molar-refractivity contribution in [2.75, 3.05) is 11.9 Å². The number of rotatable bonds is 7. The Hall–Kier alpha value is -3.34. The van der Waals surface area contributed by atoms with Crippen LogP contribution in [0.4, 0.5) is 10.1 Å². The first-order valence-corrected chi connectivity index (χ1v) is 9.08. The standard InChI is InChI=1S/C23H22FNO3/c1-3-27-22-13-10-17(23(26)25-21-7-5-4-6-20(21)24)14-18(22)15-28-19-11-8-16(2)9-12-19/h4-14H,3,15H2,1-2H3,(H,25,26). The number of amides is 1. The Balaban J connectivity index is 1.79. The zero-order valence-electron chi connectivity index (χ0n) is 15.9. The molecule has 0 aromatic heterocycles. The van der Waals surface area contributed by atoms with Crippen molar-refractivity contribution in [3.8, 4) is 11.5 Å². The summed E-state index contributed by atoms with van der Waals surface area (Å²) in [6.07, 6.45) is 0. The van der Waals surface area contributed by atoms with E-state index in [1.165, 1.54) is 12.1 Å². The Bertz CT molecular complexity index is 954. The molecule has 3 rings (SSSR count). The molecule has 3 aromatic carbocycles. The van der Waals surface area contributed by atoms with E-state index in [-0.39, 0.29) is 12.3 Å². The molecule has 0 bridgehead atoms. The van der Waals surface area contributed by atoms with Gasteiger partial charge in [-0.1, -0.05) is 29.8 Å². The summed E-state index contributed by atoms with van der Waals surface area (Å²) < 4.78 is 25.3. The molecule has 0 unspecified atom stereocenters. The first-order chi connectivity index (χ1) is 13.6. The van der Waals surface area contributed by atoms with E-state index in [9.17, 15) is 9.18 Å². The average Bonchev–Trinajstić information content (AvgIpc) is 2.70. The number of halogens is 1. The molecule has 0 heterocycles. The van der Waals surface area contributed by atoms with Crippen molar-refractivity contribution < 1.29 is 18.7 Å². The first kappa shape index (κ1) is 19.4. The molecular weight excluding hydrogens is 357 g/mol. The molecule has 1 amide bonds. The predicted molar refractivity (Wildman–Crippen MR) is 107 cm³/mol. The molecule has 0 saturated heterocycles. The lowest BCUT2D eigenvalue weighted by Crippen LogP contribution is -2.14. The van der Waals surface area contributed by atoms with Crippen LogP contribution >= 0.6 is 0 Å². The van der Waals surface area contributed by atoms with Crippen molar-refractivity contribution in [2.24, 2.45) is 0 Å². The molecule has 0 aliphatic heterocycles. The minimum absolute atomic E-state index is 0.138. The fraction of sp³-hybridized carbons (Fsp3) is 0.174. The van der Waals surface area contributed by atoms with Crippen molar-refractivity contribution in [1.82, 2.24) is 0 Å². The van der Waals surface area contributed by atoms with Crippen LogP contribution in [-0.2, 0) is 6.61 Å². The molecular formula is C23H22FNO3. The molecule has 144 valence electrons. The summed E-state index contributed by atoms with van der Waals surface area (Å²) in [7, 11) is 0. The minimum atomic E-state index is -0.482. The van der Waals surface area contributed by atoms with Gasteiger partial charge in [-0.25, -0.2) is 4.39 Å². The first-order valence-electron chi connectivity index (χ1n) is 9.08. The summed E-state index contributed by atoms with van der Waals surface area (Å²) in [6, 6.07) is 18.9. The van der Waals surface area contributed by atoms with Crippen LogP contribution in [0, 0.1) is 12.7 Å². The maximum Gasteiger partial charge on any atom is 0.255 e. The summed E-state index contributed by atoms with van der Waals surface area (Å²) in [5.74, 6) is 0.501. The van der Waals surface area contributed by atoms with E-state index in [0.717, 1.165) is 16.9 Å². The second-order valence-corrected chi connectivity index (χ2v) is 6.29. The van der Waals surface area contributed by atoms with Gasteiger partial charge in [0.15, 0.2) is 0 Å². The third-order valence-electron chi connectivity index (χ3n) is 4.16. The quantitative estimate of drug-likeness (QED) is 0.601. The highest BCUT2D eigenvalue weighted by Crippen LogP contribution is 2.24. The minimum Gasteiger partial charge on any atom is -0.493 e. The fourth-order valence-electron chi connectivity index (χ4n) is 2.68. The normalized spacial score (nSPS) is 10.4. The van der Waals surface area contributed by atoms with Crippen LogP contribution in [0.3, 0.4) is 0 Å². The van der Waals surface area contributed by atoms with E-state index >= 15 is 0 Å². The lowest BCUT2D eigenvalue weighted by Gasteiger charge is -2.14. The van der Waals surface area contributed by atoms with E-state index in [4.69, 9.17) is 9.47 Å². The van der Waals surface area contributed by atoms with Crippen LogP contribution in [0.2, 0.25) is 0 Å². The average molecular weight is 379 g/mol. The van der Waals surface area contributed by atoms with Crippen LogP contribution in [0.15, 0.2) is 66.7 Å². The highest BCUT2D eigenvalue weighted by atomic mass is 19.1. The Kier molecular flexibility index (Phi) is 6.27. The highest BCUT2D eigenvalue weighted by molar-refractivity contribution is 6.04. The Morgan fingerprint density at radius 1 is 1.00 bits per heavy atom. The molecule has 28 heavy (non-hydrogen) atoms. The van der Waals surface area contributed by atoms with Crippen LogP contribution in [-0.4, -0.2) is 12.5 Å². The lowest BCUT2D eigenvalue weighted by molar-refractivity contribution is 0.102. The predicted octanol–water partition coefficient (Wildman–Crippen LogP) is 5.36. The lowest BCUT2D eigenvalue weighted by atomic mass is 10.1. The Morgan fingerprint density at radius 2 is 1.75 bits per heavy atom. The van der Waals surface area contributed by atoms with Gasteiger partial charge in [0, 0.05) is 11.1 Å². The number of anilines is 1. The number of hydrogen-bond donors (Lipinski definition) is 1. The number of nitrogens with one attached hydrogen (secondary N) is 1. The van der Waals surface area contributed by atoms with Gasteiger partial charge in [0.05, 0.1) is 12.3 Å². The smallest absolute Gasteiger partial charge is 0.255 e. The topological polar surface area (TPSA) is 47.6 Å². The van der Waals surface area contributed by atoms with Gasteiger partial charge in [-0.2, -0.15) is 0 Å². The molecule has 4 nitrogen and oxygen atoms in total. The largest absolute Gasteiger partial charge is 0.493 e. The summed E-state index contributed by atoms with van der Waals surface area (Å²) in [4.78, 5) is 12.5. The molecule has 0 saturated carbocycles. The summed E-state index contributed by atoms with van der Waals surface area (Å²) in [5.41, 5.74) is 2.42. The summed E-state index contributed by atoms with van der Waals surface area (Å²) in [5, 5.41) is 2.59. The van der Waals surface area contributed by atoms with Crippen LogP contribution in [0.5, 0.6) is 11.5 Å². The van der Waals surface area contributed by atoms with Gasteiger partial charge in [0.25, 0.3) is 5.91 Å². The van der Waals surface area contributed by atoms with Crippen molar-refractivity contribution in [2.45, 2.75) is 20.5 Å². The van der Waals surface area contributed by atoms with Crippen molar-refractivity contribution >= 4 is 11.6 Å². The molecule has 3 aromatic rings. The van der Waals surface area contributed by atoms with Gasteiger partial charge in [-0.05, 0) is 56.3 Å². The number of hydrogen-bond acceptors (Lipinski definition) is 3. The zero-order chi connectivity index (χ0) is 19.9. The number of para-hydroxylation sites is 1. The van der Waals surface area contributed by atoms with Crippen LogP contribution in [0.1, 0.15) is 28.4 Å². The van der Waals surface area contributed by atoms with E-state index in [0.29, 0.717) is 17.9 Å². The second-order valence-electron chi connectivity index (χ2n) is 6.29. The molecule has 0 aliphatic rings. The molecule has 0 aliphatic carbocycles. The van der Waals surface area contributed by atoms with Crippen molar-refractivity contribution in [1.29, 1.82) is 0 Å². The molecule has 0 fully saturated rings. The van der Waals surface area contributed by atoms with E-state index < -0.39 is 11.7 Å². The van der Waals surface area contributed by atoms with Crippen molar-refractivity contribution in [3.63, 3.8) is 0 Å². The third-order valence-corrected chi connectivity index (χ3v) is 4.16. The molecule has 0 spiro atoms. The van der Waals surface area contributed by atoms with Gasteiger partial charge >= 0.3 is 0 Å². The number of carbonyl (C=O) groups is 1. The number of benzene rings is 3. The Morgan fingerprint density at radius 3 is 2.46 bits per heavy atom. The zero-order valence-corrected chi connectivity index (χ0v) is 15.9. The molecule has 1 N–H and O–H groups in total. The van der Waals surface area contributed by atoms with E-state index in [1.807, 2.05) is 38.1 Å². The van der Waals surface area contributed by atoms with Crippen LogP contribution in [0.25, 0.3) is 0 Å². The second kappa shape index (κ2) is 9.04. The highest BCUT2D eigenvalue weighted by Gasteiger charge is 2.13. The third kappa shape index (κ3) is 4.88. The van der Waals surface area contributed by atoms with Gasteiger partial charge in [0.1, 0.15) is 23.9 Å². The summed E-state index contributed by atoms with van der Waals surface area (Å²) >= 11 is 0. The molecule has 0 radical (unpaired) electrons. The van der Waals surface area contributed by atoms with E-state index in [2.05, 4.69) is 5.32 Å². The van der Waals surface area contributed by atoms with Gasteiger partial charge in [-0.3, -0.25) is 4.79 Å². The molecule has 5 heteroatoms. The maximum absolute atomic E-state index is 13.8. The SMILES string of the molecule is CCOc1ccc(C(=O)Nc2ccccc2F)cc1COc1ccc(C)cc1. The van der Waals surface area contributed by atoms with Crippen molar-refractivity contribution in [3.05, 3.63) is 89.2 Å². The number of ether oxygens (including phenoxy) is 2. The molecule has 0 atom stereocenters. The fourth-order valence-corrected chi connectivity index (χ4v) is 2.68. The number of aryl methyl sites for hydroxylation is 1. The Labute approximate surface area is 163 Å². The monoisotopic (exact) mass is 379 g/mol. The summed E-state index contributed by atoms with van der Waals surface area (Å²) in [6.45, 7) is 4.65. The van der Waals surface area contributed by atoms with Gasteiger partial charge in [0.2, 0.25) is 0 Å². The van der Waals surface area contributed by atoms with Crippen LogP contribution < -0.4 is 14.8 Å². The van der Waals surface area contributed by atoms with E-state index in [1.54, 1.807) is 30.3 Å². The van der Waals surface area contributed by atoms with Gasteiger partial charge in [-0.15, -0.1) is 0 Å². The number of carbonyl (C=O) groups excluding carboxylic acids is 1.